The van der Waals surface area contributed by atoms with Crippen LogP contribution in [-0.2, 0) is 20.9 Å². The van der Waals surface area contributed by atoms with Crippen LogP contribution in [0, 0.1) is 5.92 Å². The number of benzene rings is 1. The molecule has 1 fully saturated rings. The second-order valence-electron chi connectivity index (χ2n) is 5.32. The van der Waals surface area contributed by atoms with Gasteiger partial charge in [0.05, 0.1) is 19.3 Å². The summed E-state index contributed by atoms with van der Waals surface area (Å²) in [6, 6.07) is 8.46. The highest BCUT2D eigenvalue weighted by molar-refractivity contribution is 5.82. The average molecular weight is 307 g/mol. The molecule has 6 nitrogen and oxygen atoms in total. The summed E-state index contributed by atoms with van der Waals surface area (Å²) in [6.45, 7) is 3.84. The number of amides is 1. The van der Waals surface area contributed by atoms with Crippen molar-refractivity contribution in [3.8, 4) is 0 Å². The summed E-state index contributed by atoms with van der Waals surface area (Å²) in [7, 11) is 0. The minimum atomic E-state index is -0.807. The fraction of sp³-hybridized carbons (Fsp3) is 0.500. The number of carbonyl (C=O) groups excluding carboxylic acids is 2. The summed E-state index contributed by atoms with van der Waals surface area (Å²) < 4.78 is 10.2. The lowest BCUT2D eigenvalue weighted by Gasteiger charge is -2.24. The monoisotopic (exact) mass is 307 g/mol. The third kappa shape index (κ3) is 3.57. The fourth-order valence-corrected chi connectivity index (χ4v) is 2.54. The molecular formula is C16H21NO5. The van der Waals surface area contributed by atoms with Gasteiger partial charge < -0.3 is 14.6 Å². The second kappa shape index (κ2) is 7.26. The molecule has 0 saturated carbocycles. The highest BCUT2D eigenvalue weighted by Crippen LogP contribution is 2.26. The van der Waals surface area contributed by atoms with Crippen molar-refractivity contribution in [2.24, 2.45) is 5.92 Å². The molecule has 6 heteroatoms. The fourth-order valence-electron chi connectivity index (χ4n) is 2.54. The van der Waals surface area contributed by atoms with Gasteiger partial charge in [0.25, 0.3) is 0 Å². The summed E-state index contributed by atoms with van der Waals surface area (Å²) >= 11 is 0. The molecule has 1 aromatic rings. The van der Waals surface area contributed by atoms with Gasteiger partial charge >= 0.3 is 12.1 Å². The summed E-state index contributed by atoms with van der Waals surface area (Å²) in [6.07, 6.45) is -1.39. The van der Waals surface area contributed by atoms with E-state index in [9.17, 15) is 14.7 Å². The lowest BCUT2D eigenvalue weighted by Crippen LogP contribution is -2.44. The predicted octanol–water partition coefficient (Wildman–Crippen LogP) is 1.57. The van der Waals surface area contributed by atoms with Crippen LogP contribution >= 0.6 is 0 Å². The van der Waals surface area contributed by atoms with Gasteiger partial charge in [-0.3, -0.25) is 4.90 Å². The molecule has 1 aliphatic heterocycles. The van der Waals surface area contributed by atoms with Crippen molar-refractivity contribution in [2.75, 3.05) is 13.2 Å². The smallest absolute Gasteiger partial charge is 0.410 e. The Morgan fingerprint density at radius 1 is 1.27 bits per heavy atom. The molecule has 1 aliphatic rings. The topological polar surface area (TPSA) is 76.1 Å². The molecule has 0 aromatic heterocycles. The predicted molar refractivity (Wildman–Crippen MR) is 78.9 cm³/mol. The van der Waals surface area contributed by atoms with Crippen LogP contribution in [0.3, 0.4) is 0 Å². The number of carbonyl (C=O) groups is 2. The van der Waals surface area contributed by atoms with Gasteiger partial charge in [-0.1, -0.05) is 37.3 Å². The van der Waals surface area contributed by atoms with E-state index >= 15 is 0 Å². The zero-order valence-electron chi connectivity index (χ0n) is 12.8. The Balaban J connectivity index is 2.01. The summed E-state index contributed by atoms with van der Waals surface area (Å²) in [5.74, 6) is -0.897. The average Bonchev–Trinajstić information content (AvgIpc) is 2.82. The Labute approximate surface area is 129 Å². The van der Waals surface area contributed by atoms with Crippen LogP contribution in [0.25, 0.3) is 0 Å². The molecular weight excluding hydrogens is 286 g/mol. The lowest BCUT2D eigenvalue weighted by molar-refractivity contribution is -0.149. The van der Waals surface area contributed by atoms with E-state index in [4.69, 9.17) is 9.47 Å². The number of β-amino-alcohol motifs (C(OH)–C–C–N with tert-alkyl or cyclic N) is 1. The highest BCUT2D eigenvalue weighted by atomic mass is 16.6. The molecule has 0 unspecified atom stereocenters. The van der Waals surface area contributed by atoms with E-state index in [0.29, 0.717) is 0 Å². The molecule has 1 heterocycles. The van der Waals surface area contributed by atoms with E-state index in [1.165, 1.54) is 4.90 Å². The van der Waals surface area contributed by atoms with Gasteiger partial charge in [0.15, 0.2) is 0 Å². The van der Waals surface area contributed by atoms with Gasteiger partial charge in [-0.25, -0.2) is 9.59 Å². The van der Waals surface area contributed by atoms with Crippen LogP contribution in [0.15, 0.2) is 30.3 Å². The zero-order chi connectivity index (χ0) is 16.1. The first-order chi connectivity index (χ1) is 10.5. The molecule has 0 radical (unpaired) electrons. The second-order valence-corrected chi connectivity index (χ2v) is 5.32. The van der Waals surface area contributed by atoms with Crippen molar-refractivity contribution in [2.45, 2.75) is 32.6 Å². The van der Waals surface area contributed by atoms with E-state index in [2.05, 4.69) is 0 Å². The number of likely N-dealkylation sites (tertiary alicyclic amines) is 1. The van der Waals surface area contributed by atoms with Crippen molar-refractivity contribution in [3.05, 3.63) is 35.9 Å². The maximum atomic E-state index is 12.2. The number of hydrogen-bond acceptors (Lipinski definition) is 5. The Morgan fingerprint density at radius 2 is 1.95 bits per heavy atom. The summed E-state index contributed by atoms with van der Waals surface area (Å²) in [5, 5.41) is 9.93. The molecule has 1 aromatic carbocycles. The third-order valence-corrected chi connectivity index (χ3v) is 3.79. The normalized spacial score (nSPS) is 24.1. The van der Waals surface area contributed by atoms with Crippen LogP contribution in [-0.4, -0.2) is 47.4 Å². The van der Waals surface area contributed by atoms with Gasteiger partial charge in [0.1, 0.15) is 12.6 Å². The number of aliphatic hydroxyl groups is 1. The van der Waals surface area contributed by atoms with Crippen LogP contribution in [0.4, 0.5) is 4.79 Å². The van der Waals surface area contributed by atoms with Gasteiger partial charge in [-0.15, -0.1) is 0 Å². The maximum absolute atomic E-state index is 12.2. The zero-order valence-corrected chi connectivity index (χ0v) is 12.8. The van der Waals surface area contributed by atoms with Crippen LogP contribution in [0.2, 0.25) is 0 Å². The van der Waals surface area contributed by atoms with E-state index in [0.717, 1.165) is 5.56 Å². The molecule has 1 amide bonds. The highest BCUT2D eigenvalue weighted by Gasteiger charge is 2.46. The largest absolute Gasteiger partial charge is 0.464 e. The van der Waals surface area contributed by atoms with Gasteiger partial charge in [0, 0.05) is 5.92 Å². The molecule has 0 aliphatic carbocycles. The third-order valence-electron chi connectivity index (χ3n) is 3.79. The number of rotatable bonds is 4. The Kier molecular flexibility index (Phi) is 5.38. The molecule has 1 N–H and O–H groups in total. The number of ether oxygens (including phenoxy) is 2. The van der Waals surface area contributed by atoms with Crippen molar-refractivity contribution < 1.29 is 24.2 Å². The Morgan fingerprint density at radius 3 is 2.59 bits per heavy atom. The number of esters is 1. The molecule has 120 valence electrons. The molecule has 0 spiro atoms. The first kappa shape index (κ1) is 16.3. The van der Waals surface area contributed by atoms with Gasteiger partial charge in [0.2, 0.25) is 0 Å². The summed E-state index contributed by atoms with van der Waals surface area (Å²) in [4.78, 5) is 25.5. The Bertz CT molecular complexity index is 519. The lowest BCUT2D eigenvalue weighted by atomic mass is 10.0. The van der Waals surface area contributed by atoms with Crippen LogP contribution in [0.5, 0.6) is 0 Å². The number of aliphatic hydroxyl groups excluding tert-OH is 1. The standard InChI is InChI=1S/C16H21NO5/c1-3-21-15(19)14-11(2)13(18)9-17(14)16(20)22-10-12-7-5-4-6-8-12/h4-8,11,13-14,18H,3,9-10H2,1-2H3/t11-,13+,14-/m0/s1. The van der Waals surface area contributed by atoms with Crippen molar-refractivity contribution in [1.82, 2.24) is 4.90 Å². The number of hydrogen-bond donors (Lipinski definition) is 1. The van der Waals surface area contributed by atoms with Crippen molar-refractivity contribution in [3.63, 3.8) is 0 Å². The molecule has 22 heavy (non-hydrogen) atoms. The molecule has 2 rings (SSSR count). The van der Waals surface area contributed by atoms with Crippen molar-refractivity contribution in [1.29, 1.82) is 0 Å². The minimum absolute atomic E-state index is 0.0677. The van der Waals surface area contributed by atoms with E-state index in [-0.39, 0.29) is 25.7 Å². The van der Waals surface area contributed by atoms with E-state index in [1.54, 1.807) is 13.8 Å². The molecule has 3 atom stereocenters. The quantitative estimate of drug-likeness (QED) is 0.855. The number of nitrogens with zero attached hydrogens (tertiary/aromatic N) is 1. The van der Waals surface area contributed by atoms with Crippen LogP contribution in [0.1, 0.15) is 19.4 Å². The minimum Gasteiger partial charge on any atom is -0.464 e. The van der Waals surface area contributed by atoms with Gasteiger partial charge in [-0.05, 0) is 12.5 Å². The first-order valence-electron chi connectivity index (χ1n) is 7.36. The van der Waals surface area contributed by atoms with Gasteiger partial charge in [-0.2, -0.15) is 0 Å². The maximum Gasteiger partial charge on any atom is 0.410 e. The van der Waals surface area contributed by atoms with Crippen LogP contribution < -0.4 is 0 Å². The summed E-state index contributed by atoms with van der Waals surface area (Å²) in [5.41, 5.74) is 0.858. The molecule has 1 saturated heterocycles. The van der Waals surface area contributed by atoms with E-state index < -0.39 is 24.2 Å². The van der Waals surface area contributed by atoms with Crippen molar-refractivity contribution >= 4 is 12.1 Å². The SMILES string of the molecule is CCOC(=O)[C@@H]1[C@@H](C)[C@H](O)CN1C(=O)OCc1ccccc1. The first-order valence-corrected chi connectivity index (χ1v) is 7.36. The Hall–Kier alpha value is -2.08. The van der Waals surface area contributed by atoms with E-state index in [1.807, 2.05) is 30.3 Å². The molecule has 0 bridgehead atoms.